The quantitative estimate of drug-likeness (QED) is 0.695. The summed E-state index contributed by atoms with van der Waals surface area (Å²) in [7, 11) is 0. The van der Waals surface area contributed by atoms with Crippen LogP contribution in [0.4, 0.5) is 0 Å². The third-order valence-electron chi connectivity index (χ3n) is 3.16. The smallest absolute Gasteiger partial charge is 0.335 e. The number of carbonyl (C=O) groups is 2. The van der Waals surface area contributed by atoms with Gasteiger partial charge in [-0.2, -0.15) is 0 Å². The van der Waals surface area contributed by atoms with Crippen molar-refractivity contribution in [2.45, 2.75) is 0 Å². The van der Waals surface area contributed by atoms with Gasteiger partial charge in [-0.25, -0.2) is 4.79 Å². The molecule has 0 unspecified atom stereocenters. The standard InChI is InChI=1S/C17H11NO5S/c19-12(13-2-1-7-23-13)9-15-18-16(20)14(24-15)8-10-3-5-11(6-4-10)17(21)22/h1-9H,(H,18,20)(H,21,22)/b14-8-,15-9-. The van der Waals surface area contributed by atoms with Crippen molar-refractivity contribution in [2.24, 2.45) is 0 Å². The third-order valence-corrected chi connectivity index (χ3v) is 4.13. The Bertz CT molecular complexity index is 1060. The Morgan fingerprint density at radius 1 is 1.17 bits per heavy atom. The van der Waals surface area contributed by atoms with E-state index >= 15 is 0 Å². The lowest BCUT2D eigenvalue weighted by Crippen LogP contribution is -2.20. The highest BCUT2D eigenvalue weighted by Gasteiger charge is 2.05. The van der Waals surface area contributed by atoms with Gasteiger partial charge in [-0.1, -0.05) is 12.1 Å². The molecule has 2 aromatic heterocycles. The van der Waals surface area contributed by atoms with Crippen molar-refractivity contribution in [3.8, 4) is 0 Å². The van der Waals surface area contributed by atoms with Crippen molar-refractivity contribution in [3.05, 3.63) is 79.1 Å². The first-order chi connectivity index (χ1) is 11.5. The van der Waals surface area contributed by atoms with Crippen molar-refractivity contribution < 1.29 is 19.1 Å². The molecule has 0 amide bonds. The van der Waals surface area contributed by atoms with E-state index in [1.54, 1.807) is 30.3 Å². The second-order valence-corrected chi connectivity index (χ2v) is 5.93. The molecule has 0 bridgehead atoms. The number of thiazole rings is 1. The first-order valence-electron chi connectivity index (χ1n) is 6.87. The van der Waals surface area contributed by atoms with Crippen LogP contribution in [0.3, 0.4) is 0 Å². The van der Waals surface area contributed by atoms with Crippen LogP contribution in [0.2, 0.25) is 0 Å². The van der Waals surface area contributed by atoms with Crippen LogP contribution < -0.4 is 14.8 Å². The summed E-state index contributed by atoms with van der Waals surface area (Å²) in [5.41, 5.74) is 0.544. The van der Waals surface area contributed by atoms with Gasteiger partial charge in [-0.3, -0.25) is 9.59 Å². The van der Waals surface area contributed by atoms with Gasteiger partial charge in [0.25, 0.3) is 5.56 Å². The second kappa shape index (κ2) is 6.51. The number of Topliss-reactive ketones (excluding diaryl/α,β-unsaturated/α-hetero) is 1. The molecule has 2 N–H and O–H groups in total. The Morgan fingerprint density at radius 2 is 1.92 bits per heavy atom. The number of rotatable bonds is 4. The van der Waals surface area contributed by atoms with Gasteiger partial charge in [0.05, 0.1) is 21.0 Å². The molecule has 3 rings (SSSR count). The van der Waals surface area contributed by atoms with Crippen molar-refractivity contribution in [2.75, 3.05) is 0 Å². The molecule has 6 nitrogen and oxygen atoms in total. The van der Waals surface area contributed by atoms with Gasteiger partial charge in [-0.05, 0) is 35.9 Å². The van der Waals surface area contributed by atoms with Crippen LogP contribution in [0.15, 0.2) is 51.9 Å². The van der Waals surface area contributed by atoms with E-state index < -0.39 is 5.97 Å². The molecule has 0 aliphatic carbocycles. The van der Waals surface area contributed by atoms with Gasteiger partial charge < -0.3 is 14.5 Å². The van der Waals surface area contributed by atoms with Gasteiger partial charge in [0, 0.05) is 6.08 Å². The van der Waals surface area contributed by atoms with Gasteiger partial charge in [0.15, 0.2) is 5.76 Å². The molecule has 3 aromatic rings. The normalized spacial score (nSPS) is 12.5. The number of nitrogens with one attached hydrogen (secondary N) is 1. The van der Waals surface area contributed by atoms with Crippen molar-refractivity contribution >= 4 is 35.2 Å². The lowest BCUT2D eigenvalue weighted by Gasteiger charge is -1.94. The van der Waals surface area contributed by atoms with Crippen LogP contribution in [-0.4, -0.2) is 21.8 Å². The molecular formula is C17H11NO5S. The zero-order valence-electron chi connectivity index (χ0n) is 12.2. The second-order valence-electron chi connectivity index (χ2n) is 4.84. The Hall–Kier alpha value is -3.19. The molecule has 0 saturated heterocycles. The number of H-pyrrole nitrogens is 1. The topological polar surface area (TPSA) is 100 Å². The van der Waals surface area contributed by atoms with Gasteiger partial charge in [0.1, 0.15) is 0 Å². The SMILES string of the molecule is O=C(O)c1ccc(/C=c2\s/c(=C\C(=O)c3ccco3)[nH]c2=O)cc1. The molecule has 1 aromatic carbocycles. The van der Waals surface area contributed by atoms with E-state index in [0.717, 1.165) is 11.3 Å². The Kier molecular flexibility index (Phi) is 4.26. The van der Waals surface area contributed by atoms with Crippen molar-refractivity contribution in [3.63, 3.8) is 0 Å². The van der Waals surface area contributed by atoms with E-state index in [0.29, 0.717) is 14.8 Å². The summed E-state index contributed by atoms with van der Waals surface area (Å²) in [5, 5.41) is 8.87. The maximum Gasteiger partial charge on any atom is 0.335 e. The Morgan fingerprint density at radius 3 is 2.54 bits per heavy atom. The van der Waals surface area contributed by atoms with Gasteiger partial charge >= 0.3 is 5.97 Å². The number of carboxylic acid groups (broad SMARTS) is 1. The van der Waals surface area contributed by atoms with Crippen LogP contribution in [0.25, 0.3) is 12.2 Å². The maximum absolute atomic E-state index is 12.0. The maximum atomic E-state index is 12.0. The molecule has 120 valence electrons. The molecule has 0 aliphatic rings. The number of carbonyl (C=O) groups excluding carboxylic acids is 1. The van der Waals surface area contributed by atoms with Crippen LogP contribution in [0.5, 0.6) is 0 Å². The highest BCUT2D eigenvalue weighted by molar-refractivity contribution is 7.07. The molecule has 0 radical (unpaired) electrons. The van der Waals surface area contributed by atoms with E-state index in [4.69, 9.17) is 9.52 Å². The van der Waals surface area contributed by atoms with Gasteiger partial charge in [0.2, 0.25) is 5.78 Å². The summed E-state index contributed by atoms with van der Waals surface area (Å²) in [6.45, 7) is 0. The van der Waals surface area contributed by atoms with Crippen LogP contribution in [-0.2, 0) is 0 Å². The average molecular weight is 341 g/mol. The minimum atomic E-state index is -1.01. The summed E-state index contributed by atoms with van der Waals surface area (Å²) >= 11 is 1.13. The zero-order chi connectivity index (χ0) is 17.1. The molecule has 7 heteroatoms. The molecule has 2 heterocycles. The first-order valence-corrected chi connectivity index (χ1v) is 7.68. The van der Waals surface area contributed by atoms with E-state index in [2.05, 4.69) is 4.98 Å². The van der Waals surface area contributed by atoms with Crippen LogP contribution in [0.1, 0.15) is 26.5 Å². The molecule has 0 saturated carbocycles. The summed E-state index contributed by atoms with van der Waals surface area (Å²) in [4.78, 5) is 37.3. The van der Waals surface area contributed by atoms with Crippen molar-refractivity contribution in [1.29, 1.82) is 0 Å². The van der Waals surface area contributed by atoms with E-state index in [1.165, 1.54) is 24.5 Å². The number of hydrogen-bond donors (Lipinski definition) is 2. The molecule has 24 heavy (non-hydrogen) atoms. The summed E-state index contributed by atoms with van der Waals surface area (Å²) in [6, 6.07) is 9.30. The number of aromatic nitrogens is 1. The summed E-state index contributed by atoms with van der Waals surface area (Å²) in [6.07, 6.45) is 4.33. The van der Waals surface area contributed by atoms with Gasteiger partial charge in [-0.15, -0.1) is 11.3 Å². The lowest BCUT2D eigenvalue weighted by atomic mass is 10.1. The predicted octanol–water partition coefficient (Wildman–Crippen LogP) is 1.22. The van der Waals surface area contributed by atoms with Crippen LogP contribution >= 0.6 is 11.3 Å². The number of benzene rings is 1. The number of carboxylic acids is 1. The summed E-state index contributed by atoms with van der Waals surface area (Å²) in [5.74, 6) is -1.15. The minimum absolute atomic E-state index is 0.172. The lowest BCUT2D eigenvalue weighted by molar-refractivity contribution is 0.0696. The number of furan rings is 1. The Balaban J connectivity index is 1.95. The largest absolute Gasteiger partial charge is 0.478 e. The molecule has 0 atom stereocenters. The molecule has 0 fully saturated rings. The minimum Gasteiger partial charge on any atom is -0.478 e. The predicted molar refractivity (Wildman–Crippen MR) is 88.7 cm³/mol. The third kappa shape index (κ3) is 3.41. The Labute approximate surface area is 139 Å². The first kappa shape index (κ1) is 15.7. The van der Waals surface area contributed by atoms with Crippen LogP contribution in [0, 0.1) is 0 Å². The molecule has 0 aliphatic heterocycles. The fourth-order valence-corrected chi connectivity index (χ4v) is 2.89. The number of aromatic amines is 1. The fourth-order valence-electron chi connectivity index (χ4n) is 2.01. The van der Waals surface area contributed by atoms with E-state index in [1.807, 2.05) is 0 Å². The molecule has 0 spiro atoms. The highest BCUT2D eigenvalue weighted by Crippen LogP contribution is 2.05. The number of ketones is 1. The zero-order valence-corrected chi connectivity index (χ0v) is 13.0. The monoisotopic (exact) mass is 341 g/mol. The number of hydrogen-bond acceptors (Lipinski definition) is 5. The molecular weight excluding hydrogens is 330 g/mol. The fraction of sp³-hybridized carbons (Fsp3) is 0. The van der Waals surface area contributed by atoms with E-state index in [-0.39, 0.29) is 22.7 Å². The number of aromatic carboxylic acids is 1. The van der Waals surface area contributed by atoms with E-state index in [9.17, 15) is 14.4 Å². The van der Waals surface area contributed by atoms with Crippen molar-refractivity contribution in [1.82, 2.24) is 4.98 Å². The highest BCUT2D eigenvalue weighted by atomic mass is 32.1. The summed E-state index contributed by atoms with van der Waals surface area (Å²) < 4.78 is 5.83. The average Bonchev–Trinajstić information content (AvgIpc) is 3.19.